The minimum Gasteiger partial charge on any atom is -0.445 e. The number of aliphatic hydroxyl groups is 3. The van der Waals surface area contributed by atoms with Crippen LogP contribution in [0.2, 0.25) is 0 Å². The molecule has 1 heterocycles. The first-order valence-corrected chi connectivity index (χ1v) is 7.76. The van der Waals surface area contributed by atoms with Gasteiger partial charge in [-0.15, -0.1) is 0 Å². The highest BCUT2D eigenvalue weighted by atomic mass is 16.6. The predicted molar refractivity (Wildman–Crippen MR) is 83.2 cm³/mol. The van der Waals surface area contributed by atoms with Gasteiger partial charge in [-0.2, -0.15) is 0 Å². The molecule has 8 nitrogen and oxygen atoms in total. The second-order valence-electron chi connectivity index (χ2n) is 5.48. The van der Waals surface area contributed by atoms with Gasteiger partial charge in [-0.1, -0.05) is 30.3 Å². The Kier molecular flexibility index (Phi) is 7.41. The minimum absolute atomic E-state index is 0.0473. The summed E-state index contributed by atoms with van der Waals surface area (Å²) in [6, 6.07) is 9.33. The van der Waals surface area contributed by atoms with Gasteiger partial charge in [0.25, 0.3) is 0 Å². The summed E-state index contributed by atoms with van der Waals surface area (Å²) in [4.78, 5) is 11.5. The number of carbonyl (C=O) groups excluding carboxylic acids is 1. The zero-order valence-electron chi connectivity index (χ0n) is 13.2. The van der Waals surface area contributed by atoms with Gasteiger partial charge >= 0.3 is 6.09 Å². The van der Waals surface area contributed by atoms with Gasteiger partial charge in [-0.25, -0.2) is 4.79 Å². The molecule has 1 aromatic carbocycles. The highest BCUT2D eigenvalue weighted by molar-refractivity contribution is 5.67. The van der Waals surface area contributed by atoms with Crippen LogP contribution in [0.5, 0.6) is 0 Å². The van der Waals surface area contributed by atoms with Gasteiger partial charge in [0.2, 0.25) is 0 Å². The lowest BCUT2D eigenvalue weighted by Gasteiger charge is -2.35. The van der Waals surface area contributed by atoms with E-state index < -0.39 is 30.5 Å². The van der Waals surface area contributed by atoms with Gasteiger partial charge in [0.05, 0.1) is 19.8 Å². The van der Waals surface area contributed by atoms with E-state index in [0.717, 1.165) is 5.56 Å². The Morgan fingerprint density at radius 3 is 2.71 bits per heavy atom. The first kappa shape index (κ1) is 18.6. The van der Waals surface area contributed by atoms with Crippen molar-refractivity contribution in [2.45, 2.75) is 31.0 Å². The van der Waals surface area contributed by atoms with Crippen molar-refractivity contribution in [3.63, 3.8) is 0 Å². The molecule has 0 aliphatic carbocycles. The fourth-order valence-electron chi connectivity index (χ4n) is 2.21. The number of ether oxygens (including phenoxy) is 3. The molecule has 0 aromatic heterocycles. The molecule has 4 N–H and O–H groups in total. The van der Waals surface area contributed by atoms with Crippen LogP contribution in [0.3, 0.4) is 0 Å². The van der Waals surface area contributed by atoms with Crippen LogP contribution in [0.4, 0.5) is 4.79 Å². The van der Waals surface area contributed by atoms with E-state index in [-0.39, 0.29) is 33.0 Å². The molecule has 0 saturated carbocycles. The molecule has 2 rings (SSSR count). The van der Waals surface area contributed by atoms with Crippen molar-refractivity contribution in [3.8, 4) is 0 Å². The van der Waals surface area contributed by atoms with Gasteiger partial charge in [0, 0.05) is 6.54 Å². The van der Waals surface area contributed by atoms with Crippen molar-refractivity contribution in [3.05, 3.63) is 35.9 Å². The van der Waals surface area contributed by atoms with Crippen LogP contribution in [-0.2, 0) is 20.8 Å². The Morgan fingerprint density at radius 1 is 1.21 bits per heavy atom. The van der Waals surface area contributed by atoms with Crippen molar-refractivity contribution in [1.82, 2.24) is 5.32 Å². The van der Waals surface area contributed by atoms with E-state index >= 15 is 0 Å². The number of carbonyl (C=O) groups is 1. The van der Waals surface area contributed by atoms with Crippen LogP contribution in [0.1, 0.15) is 5.56 Å². The fourth-order valence-corrected chi connectivity index (χ4v) is 2.21. The smallest absolute Gasteiger partial charge is 0.407 e. The maximum Gasteiger partial charge on any atom is 0.407 e. The molecular formula is C16H23NO7. The summed E-state index contributed by atoms with van der Waals surface area (Å²) in [5.41, 5.74) is 0.896. The van der Waals surface area contributed by atoms with Crippen LogP contribution in [0.15, 0.2) is 30.3 Å². The number of amides is 1. The first-order valence-electron chi connectivity index (χ1n) is 7.76. The van der Waals surface area contributed by atoms with E-state index in [1.54, 1.807) is 0 Å². The van der Waals surface area contributed by atoms with Crippen molar-refractivity contribution >= 4 is 6.09 Å². The molecule has 0 bridgehead atoms. The van der Waals surface area contributed by atoms with Gasteiger partial charge in [-0.05, 0) is 5.56 Å². The largest absolute Gasteiger partial charge is 0.445 e. The molecule has 0 spiro atoms. The van der Waals surface area contributed by atoms with Gasteiger partial charge in [0.1, 0.15) is 31.0 Å². The SMILES string of the molecule is O=C(NCCOC[C@H]1OC[C@H](O)[C@@H](O)[C@@H]1O)OCc1ccccc1. The van der Waals surface area contributed by atoms with E-state index in [2.05, 4.69) is 5.32 Å². The van der Waals surface area contributed by atoms with Gasteiger partial charge < -0.3 is 34.8 Å². The molecule has 1 fully saturated rings. The van der Waals surface area contributed by atoms with Crippen molar-refractivity contribution in [1.29, 1.82) is 0 Å². The molecule has 1 aliphatic rings. The molecule has 0 radical (unpaired) electrons. The van der Waals surface area contributed by atoms with Crippen molar-refractivity contribution < 1.29 is 34.3 Å². The standard InChI is InChI=1S/C16H23NO7/c18-12-9-23-13(15(20)14(12)19)10-22-7-6-17-16(21)24-8-11-4-2-1-3-5-11/h1-5,12-15,18-20H,6-10H2,(H,17,21)/t12-,13+,14+,15+/m0/s1. The van der Waals surface area contributed by atoms with Crippen LogP contribution in [0, 0.1) is 0 Å². The summed E-state index contributed by atoms with van der Waals surface area (Å²) >= 11 is 0. The number of aliphatic hydroxyl groups excluding tert-OH is 3. The van der Waals surface area contributed by atoms with E-state index in [1.165, 1.54) is 0 Å². The lowest BCUT2D eigenvalue weighted by Crippen LogP contribution is -2.54. The van der Waals surface area contributed by atoms with Crippen LogP contribution >= 0.6 is 0 Å². The number of benzene rings is 1. The summed E-state index contributed by atoms with van der Waals surface area (Å²) < 4.78 is 15.5. The molecular weight excluding hydrogens is 318 g/mol. The number of hydrogen-bond acceptors (Lipinski definition) is 7. The van der Waals surface area contributed by atoms with Crippen LogP contribution in [-0.4, -0.2) is 72.2 Å². The molecule has 1 aromatic rings. The lowest BCUT2D eigenvalue weighted by molar-refractivity contribution is -0.199. The van der Waals surface area contributed by atoms with Crippen molar-refractivity contribution in [2.24, 2.45) is 0 Å². The third kappa shape index (κ3) is 5.73. The molecule has 8 heteroatoms. The Bertz CT molecular complexity index is 498. The van der Waals surface area contributed by atoms with Gasteiger partial charge in [0.15, 0.2) is 0 Å². The average molecular weight is 341 g/mol. The summed E-state index contributed by atoms with van der Waals surface area (Å²) in [6.45, 7) is 0.616. The van der Waals surface area contributed by atoms with Crippen LogP contribution in [0.25, 0.3) is 0 Å². The zero-order valence-corrected chi connectivity index (χ0v) is 13.2. The summed E-state index contributed by atoms with van der Waals surface area (Å²) in [5.74, 6) is 0. The summed E-state index contributed by atoms with van der Waals surface area (Å²) in [6.07, 6.45) is -4.82. The third-order valence-corrected chi connectivity index (χ3v) is 3.62. The highest BCUT2D eigenvalue weighted by Gasteiger charge is 2.37. The number of nitrogens with one attached hydrogen (secondary N) is 1. The minimum atomic E-state index is -1.25. The Morgan fingerprint density at radius 2 is 1.96 bits per heavy atom. The normalized spacial score (nSPS) is 26.8. The van der Waals surface area contributed by atoms with Crippen LogP contribution < -0.4 is 5.32 Å². The summed E-state index contributed by atoms with van der Waals surface area (Å²) in [5, 5.41) is 31.1. The van der Waals surface area contributed by atoms with Gasteiger partial charge in [-0.3, -0.25) is 0 Å². The Labute approximate surface area is 140 Å². The molecule has 24 heavy (non-hydrogen) atoms. The van der Waals surface area contributed by atoms with Crippen molar-refractivity contribution in [2.75, 3.05) is 26.4 Å². The first-order chi connectivity index (χ1) is 11.6. The third-order valence-electron chi connectivity index (χ3n) is 3.62. The number of rotatable bonds is 7. The lowest BCUT2D eigenvalue weighted by atomic mass is 10.0. The van der Waals surface area contributed by atoms with E-state index in [9.17, 15) is 20.1 Å². The maximum atomic E-state index is 11.5. The average Bonchev–Trinajstić information content (AvgIpc) is 2.60. The number of hydrogen-bond donors (Lipinski definition) is 4. The van der Waals surface area contributed by atoms with E-state index in [4.69, 9.17) is 14.2 Å². The topological polar surface area (TPSA) is 117 Å². The maximum absolute atomic E-state index is 11.5. The quantitative estimate of drug-likeness (QED) is 0.490. The number of alkyl carbamates (subject to hydrolysis) is 1. The molecule has 1 amide bonds. The van der Waals surface area contributed by atoms with E-state index in [0.29, 0.717) is 0 Å². The second kappa shape index (κ2) is 9.55. The Balaban J connectivity index is 1.54. The second-order valence-corrected chi connectivity index (χ2v) is 5.48. The predicted octanol–water partition coefficient (Wildman–Crippen LogP) is -0.589. The fraction of sp³-hybridized carbons (Fsp3) is 0.562. The molecule has 0 unspecified atom stereocenters. The summed E-state index contributed by atoms with van der Waals surface area (Å²) in [7, 11) is 0. The molecule has 1 saturated heterocycles. The molecule has 4 atom stereocenters. The monoisotopic (exact) mass is 341 g/mol. The molecule has 134 valence electrons. The van der Waals surface area contributed by atoms with E-state index in [1.807, 2.05) is 30.3 Å². The Hall–Kier alpha value is -1.71. The molecule has 1 aliphatic heterocycles. The highest BCUT2D eigenvalue weighted by Crippen LogP contribution is 2.15. The zero-order chi connectivity index (χ0) is 17.4.